The first kappa shape index (κ1) is 17.3. The summed E-state index contributed by atoms with van der Waals surface area (Å²) in [6, 6.07) is 8.69. The number of phenols is 2. The second-order valence-electron chi connectivity index (χ2n) is 5.11. The van der Waals surface area contributed by atoms with Crippen molar-refractivity contribution in [3.8, 4) is 23.0 Å². The van der Waals surface area contributed by atoms with E-state index in [4.69, 9.17) is 9.47 Å². The fourth-order valence-corrected chi connectivity index (χ4v) is 2.24. The van der Waals surface area contributed by atoms with Gasteiger partial charge in [0.15, 0.2) is 11.6 Å². The van der Waals surface area contributed by atoms with Crippen LogP contribution < -0.4 is 9.47 Å². The summed E-state index contributed by atoms with van der Waals surface area (Å²) in [5.41, 5.74) is 0.255. The molecule has 2 aromatic carbocycles. The summed E-state index contributed by atoms with van der Waals surface area (Å²) in [5.74, 6) is -0.252. The SMILES string of the molecule is COc1ccc(C(=O)CCC(=O)c2ccc(OC)cc2O)c(O)c1. The van der Waals surface area contributed by atoms with Crippen LogP contribution in [0.1, 0.15) is 33.6 Å². The molecule has 0 aliphatic carbocycles. The van der Waals surface area contributed by atoms with Gasteiger partial charge in [0.1, 0.15) is 23.0 Å². The van der Waals surface area contributed by atoms with E-state index in [0.29, 0.717) is 11.5 Å². The van der Waals surface area contributed by atoms with Gasteiger partial charge in [-0.2, -0.15) is 0 Å². The standard InChI is InChI=1S/C18H18O6/c1-23-11-3-5-13(17(21)9-11)15(19)7-8-16(20)14-6-4-12(24-2)10-18(14)22/h3-6,9-10,21-22H,7-8H2,1-2H3. The van der Waals surface area contributed by atoms with Crippen molar-refractivity contribution in [2.75, 3.05) is 14.2 Å². The number of hydrogen-bond acceptors (Lipinski definition) is 6. The van der Waals surface area contributed by atoms with Gasteiger partial charge in [-0.05, 0) is 24.3 Å². The maximum atomic E-state index is 12.2. The van der Waals surface area contributed by atoms with Crippen LogP contribution in [0.4, 0.5) is 0 Å². The molecular weight excluding hydrogens is 312 g/mol. The summed E-state index contributed by atoms with van der Waals surface area (Å²) in [6.07, 6.45) is -0.158. The van der Waals surface area contributed by atoms with Crippen LogP contribution in [-0.2, 0) is 0 Å². The van der Waals surface area contributed by atoms with E-state index in [1.54, 1.807) is 12.1 Å². The molecule has 0 radical (unpaired) electrons. The molecule has 2 aromatic rings. The fourth-order valence-electron chi connectivity index (χ4n) is 2.24. The summed E-state index contributed by atoms with van der Waals surface area (Å²) >= 11 is 0. The maximum absolute atomic E-state index is 12.2. The molecule has 24 heavy (non-hydrogen) atoms. The molecule has 0 bridgehead atoms. The molecule has 6 heteroatoms. The first-order valence-electron chi connectivity index (χ1n) is 7.26. The van der Waals surface area contributed by atoms with Crippen molar-refractivity contribution in [2.24, 2.45) is 0 Å². The molecule has 126 valence electrons. The Bertz CT molecular complexity index is 701. The molecule has 0 heterocycles. The zero-order chi connectivity index (χ0) is 17.7. The topological polar surface area (TPSA) is 93.1 Å². The fraction of sp³-hybridized carbons (Fsp3) is 0.222. The number of ether oxygens (including phenoxy) is 2. The lowest BCUT2D eigenvalue weighted by Gasteiger charge is -2.07. The smallest absolute Gasteiger partial charge is 0.167 e. The molecule has 0 amide bonds. The summed E-state index contributed by atoms with van der Waals surface area (Å²) in [5, 5.41) is 19.7. The predicted molar refractivity (Wildman–Crippen MR) is 87.2 cm³/mol. The number of phenolic OH excluding ortho intramolecular Hbond substituents is 2. The largest absolute Gasteiger partial charge is 0.507 e. The minimum absolute atomic E-state index is 0.0792. The number of carbonyl (C=O) groups is 2. The molecule has 0 aliphatic rings. The molecule has 2 rings (SSSR count). The summed E-state index contributed by atoms with van der Waals surface area (Å²) in [7, 11) is 2.91. The summed E-state index contributed by atoms with van der Waals surface area (Å²) in [4.78, 5) is 24.3. The number of methoxy groups -OCH3 is 2. The van der Waals surface area contributed by atoms with Gasteiger partial charge in [0.25, 0.3) is 0 Å². The lowest BCUT2D eigenvalue weighted by molar-refractivity contribution is 0.0914. The average Bonchev–Trinajstić information content (AvgIpc) is 2.58. The zero-order valence-corrected chi connectivity index (χ0v) is 13.4. The van der Waals surface area contributed by atoms with Gasteiger partial charge in [0, 0.05) is 25.0 Å². The first-order valence-corrected chi connectivity index (χ1v) is 7.26. The Morgan fingerprint density at radius 1 is 0.792 bits per heavy atom. The van der Waals surface area contributed by atoms with Crippen LogP contribution in [0.3, 0.4) is 0 Å². The van der Waals surface area contributed by atoms with E-state index in [1.807, 2.05) is 0 Å². The summed E-state index contributed by atoms with van der Waals surface area (Å²) in [6.45, 7) is 0. The highest BCUT2D eigenvalue weighted by molar-refractivity contribution is 6.04. The molecule has 0 aliphatic heterocycles. The van der Waals surface area contributed by atoms with Gasteiger partial charge in [0.05, 0.1) is 25.3 Å². The number of aromatic hydroxyl groups is 2. The van der Waals surface area contributed by atoms with Crippen LogP contribution in [0, 0.1) is 0 Å². The second kappa shape index (κ2) is 7.50. The Labute approximate surface area is 139 Å². The number of Topliss-reactive ketones (excluding diaryl/α,β-unsaturated/α-hetero) is 2. The molecule has 0 aromatic heterocycles. The van der Waals surface area contributed by atoms with E-state index in [1.165, 1.54) is 38.5 Å². The van der Waals surface area contributed by atoms with Gasteiger partial charge in [-0.3, -0.25) is 9.59 Å². The van der Waals surface area contributed by atoms with Gasteiger partial charge in [-0.25, -0.2) is 0 Å². The van der Waals surface area contributed by atoms with E-state index in [-0.39, 0.29) is 47.0 Å². The second-order valence-corrected chi connectivity index (χ2v) is 5.11. The number of hydrogen-bond donors (Lipinski definition) is 2. The van der Waals surface area contributed by atoms with Crippen molar-refractivity contribution in [2.45, 2.75) is 12.8 Å². The molecule has 0 saturated heterocycles. The molecule has 0 unspecified atom stereocenters. The van der Waals surface area contributed by atoms with Gasteiger partial charge in [0.2, 0.25) is 0 Å². The van der Waals surface area contributed by atoms with E-state index >= 15 is 0 Å². The predicted octanol–water partition coefficient (Wildman–Crippen LogP) is 2.96. The van der Waals surface area contributed by atoms with Crippen molar-refractivity contribution in [3.63, 3.8) is 0 Å². The third-order valence-electron chi connectivity index (χ3n) is 3.59. The lowest BCUT2D eigenvalue weighted by Crippen LogP contribution is -2.06. The Morgan fingerprint density at radius 3 is 1.46 bits per heavy atom. The highest BCUT2D eigenvalue weighted by Crippen LogP contribution is 2.27. The van der Waals surface area contributed by atoms with Crippen LogP contribution in [0.5, 0.6) is 23.0 Å². The molecule has 6 nitrogen and oxygen atoms in total. The number of ketones is 2. The molecule has 0 fully saturated rings. The minimum atomic E-state index is -0.364. The van der Waals surface area contributed by atoms with E-state index in [2.05, 4.69) is 0 Å². The molecular formula is C18H18O6. The van der Waals surface area contributed by atoms with E-state index in [9.17, 15) is 19.8 Å². The van der Waals surface area contributed by atoms with Crippen LogP contribution in [0.15, 0.2) is 36.4 Å². The van der Waals surface area contributed by atoms with E-state index < -0.39 is 0 Å². The average molecular weight is 330 g/mol. The summed E-state index contributed by atoms with van der Waals surface area (Å²) < 4.78 is 9.91. The number of carbonyl (C=O) groups excluding carboxylic acids is 2. The molecule has 0 atom stereocenters. The van der Waals surface area contributed by atoms with Crippen LogP contribution in [-0.4, -0.2) is 36.0 Å². The first-order chi connectivity index (χ1) is 11.5. The normalized spacial score (nSPS) is 10.2. The number of rotatable bonds is 7. The lowest BCUT2D eigenvalue weighted by atomic mass is 10.0. The van der Waals surface area contributed by atoms with Gasteiger partial charge in [-0.15, -0.1) is 0 Å². The van der Waals surface area contributed by atoms with Crippen LogP contribution in [0.25, 0.3) is 0 Å². The molecule has 0 spiro atoms. The number of benzene rings is 2. The van der Waals surface area contributed by atoms with E-state index in [0.717, 1.165) is 0 Å². The van der Waals surface area contributed by atoms with Crippen molar-refractivity contribution >= 4 is 11.6 Å². The Hall–Kier alpha value is -3.02. The van der Waals surface area contributed by atoms with Gasteiger partial charge in [-0.1, -0.05) is 0 Å². The Kier molecular flexibility index (Phi) is 5.42. The van der Waals surface area contributed by atoms with Crippen LogP contribution >= 0.6 is 0 Å². The van der Waals surface area contributed by atoms with Crippen molar-refractivity contribution in [3.05, 3.63) is 47.5 Å². The highest BCUT2D eigenvalue weighted by Gasteiger charge is 2.17. The Balaban J connectivity index is 2.05. The van der Waals surface area contributed by atoms with Gasteiger partial charge >= 0.3 is 0 Å². The van der Waals surface area contributed by atoms with Crippen molar-refractivity contribution < 1.29 is 29.3 Å². The molecule has 0 saturated carbocycles. The molecule has 2 N–H and O–H groups in total. The minimum Gasteiger partial charge on any atom is -0.507 e. The van der Waals surface area contributed by atoms with Crippen molar-refractivity contribution in [1.29, 1.82) is 0 Å². The van der Waals surface area contributed by atoms with Crippen molar-refractivity contribution in [1.82, 2.24) is 0 Å². The third kappa shape index (κ3) is 3.84. The quantitative estimate of drug-likeness (QED) is 0.758. The monoisotopic (exact) mass is 330 g/mol. The maximum Gasteiger partial charge on any atom is 0.167 e. The highest BCUT2D eigenvalue weighted by atomic mass is 16.5. The Morgan fingerprint density at radius 2 is 1.17 bits per heavy atom. The van der Waals surface area contributed by atoms with Crippen LogP contribution in [0.2, 0.25) is 0 Å². The zero-order valence-electron chi connectivity index (χ0n) is 13.4. The van der Waals surface area contributed by atoms with Gasteiger partial charge < -0.3 is 19.7 Å². The third-order valence-corrected chi connectivity index (χ3v) is 3.59.